The minimum absolute atomic E-state index is 0.106. The Morgan fingerprint density at radius 1 is 1.25 bits per heavy atom. The van der Waals surface area contributed by atoms with Crippen LogP contribution in [0.15, 0.2) is 24.3 Å². The number of amides is 1. The third-order valence-electron chi connectivity index (χ3n) is 3.53. The van der Waals surface area contributed by atoms with Gasteiger partial charge in [-0.1, -0.05) is 18.2 Å². The zero-order valence-corrected chi connectivity index (χ0v) is 14.1. The van der Waals surface area contributed by atoms with Gasteiger partial charge in [-0.15, -0.1) is 0 Å². The quantitative estimate of drug-likeness (QED) is 0.757. The number of alkyl halides is 3. The second-order valence-electron chi connectivity index (χ2n) is 5.51. The molecule has 1 N–H and O–H groups in total. The Kier molecular flexibility index (Phi) is 7.39. The van der Waals surface area contributed by atoms with Crippen molar-refractivity contribution in [2.24, 2.45) is 0 Å². The normalized spacial score (nSPS) is 16.1. The predicted octanol–water partition coefficient (Wildman–Crippen LogP) is 3.14. The molecule has 0 aromatic heterocycles. The molecule has 1 aliphatic rings. The molecule has 0 atom stereocenters. The van der Waals surface area contributed by atoms with Gasteiger partial charge >= 0.3 is 6.18 Å². The first-order valence-electron chi connectivity index (χ1n) is 7.76. The van der Waals surface area contributed by atoms with Gasteiger partial charge in [0.2, 0.25) is 5.91 Å². The Bertz CT molecular complexity index is 534. The molecule has 1 aromatic rings. The highest BCUT2D eigenvalue weighted by Crippen LogP contribution is 2.20. The van der Waals surface area contributed by atoms with E-state index in [2.05, 4.69) is 15.0 Å². The summed E-state index contributed by atoms with van der Waals surface area (Å²) in [7, 11) is 0. The first-order valence-corrected chi connectivity index (χ1v) is 8.92. The molecule has 0 aliphatic carbocycles. The zero-order chi connectivity index (χ0) is 17.4. The highest BCUT2D eigenvalue weighted by molar-refractivity contribution is 7.99. The van der Waals surface area contributed by atoms with E-state index in [0.717, 1.165) is 36.7 Å². The number of para-hydroxylation sites is 1. The average molecular weight is 362 g/mol. The number of thioether (sulfide) groups is 1. The summed E-state index contributed by atoms with van der Waals surface area (Å²) in [5.74, 6) is 1.86. The van der Waals surface area contributed by atoms with Crippen molar-refractivity contribution in [2.45, 2.75) is 19.1 Å². The fourth-order valence-corrected chi connectivity index (χ4v) is 3.32. The maximum absolute atomic E-state index is 12.0. The van der Waals surface area contributed by atoms with Crippen LogP contribution in [0.1, 0.15) is 12.0 Å². The van der Waals surface area contributed by atoms with Crippen LogP contribution in [0.4, 0.5) is 18.9 Å². The lowest BCUT2D eigenvalue weighted by Crippen LogP contribution is -2.32. The monoisotopic (exact) mass is 362 g/mol. The Morgan fingerprint density at radius 2 is 1.96 bits per heavy atom. The van der Waals surface area contributed by atoms with Gasteiger partial charge in [0, 0.05) is 36.8 Å². The van der Waals surface area contributed by atoms with Crippen molar-refractivity contribution in [3.63, 3.8) is 0 Å². The lowest BCUT2D eigenvalue weighted by Gasteiger charge is -2.27. The van der Waals surface area contributed by atoms with Gasteiger partial charge < -0.3 is 10.1 Å². The number of hydrogen-bond acceptors (Lipinski definition) is 4. The summed E-state index contributed by atoms with van der Waals surface area (Å²) in [5.41, 5.74) is 1.71. The van der Waals surface area contributed by atoms with E-state index in [-0.39, 0.29) is 18.9 Å². The van der Waals surface area contributed by atoms with Gasteiger partial charge in [-0.2, -0.15) is 24.9 Å². The molecule has 4 nitrogen and oxygen atoms in total. The van der Waals surface area contributed by atoms with Gasteiger partial charge in [0.05, 0.1) is 13.0 Å². The van der Waals surface area contributed by atoms with Gasteiger partial charge in [0.15, 0.2) is 0 Å². The third kappa shape index (κ3) is 7.11. The smallest absolute Gasteiger partial charge is 0.372 e. The molecule has 1 heterocycles. The van der Waals surface area contributed by atoms with Gasteiger partial charge in [0.25, 0.3) is 0 Å². The van der Waals surface area contributed by atoms with Crippen molar-refractivity contribution in [3.8, 4) is 0 Å². The fourth-order valence-electron chi connectivity index (χ4n) is 2.35. The number of anilines is 1. The number of carbonyl (C=O) groups excluding carboxylic acids is 1. The number of halogens is 3. The number of rotatable bonds is 7. The van der Waals surface area contributed by atoms with Crippen LogP contribution in [-0.4, -0.2) is 54.8 Å². The molecule has 24 heavy (non-hydrogen) atoms. The van der Waals surface area contributed by atoms with Crippen molar-refractivity contribution >= 4 is 23.4 Å². The van der Waals surface area contributed by atoms with E-state index in [1.165, 1.54) is 0 Å². The van der Waals surface area contributed by atoms with Crippen molar-refractivity contribution in [1.29, 1.82) is 0 Å². The Labute approximate surface area is 143 Å². The minimum Gasteiger partial charge on any atom is -0.372 e. The predicted molar refractivity (Wildman–Crippen MR) is 89.2 cm³/mol. The number of nitrogens with one attached hydrogen (secondary N) is 1. The molecule has 1 aromatic carbocycles. The molecule has 1 aliphatic heterocycles. The first kappa shape index (κ1) is 19.1. The highest BCUT2D eigenvalue weighted by Gasteiger charge is 2.27. The maximum Gasteiger partial charge on any atom is 0.411 e. The largest absolute Gasteiger partial charge is 0.411 e. The first-order chi connectivity index (χ1) is 11.4. The van der Waals surface area contributed by atoms with Crippen molar-refractivity contribution in [1.82, 2.24) is 4.90 Å². The van der Waals surface area contributed by atoms with E-state index in [0.29, 0.717) is 5.69 Å². The highest BCUT2D eigenvalue weighted by atomic mass is 32.2. The minimum atomic E-state index is -4.37. The van der Waals surface area contributed by atoms with Gasteiger partial charge in [-0.05, 0) is 11.6 Å². The maximum atomic E-state index is 12.0. The summed E-state index contributed by atoms with van der Waals surface area (Å²) < 4.78 is 40.4. The van der Waals surface area contributed by atoms with Crippen LogP contribution in [0.3, 0.4) is 0 Å². The Hall–Kier alpha value is -1.25. The van der Waals surface area contributed by atoms with E-state index in [4.69, 9.17) is 0 Å². The summed E-state index contributed by atoms with van der Waals surface area (Å²) in [6.07, 6.45) is -4.47. The average Bonchev–Trinajstić information content (AvgIpc) is 2.54. The van der Waals surface area contributed by atoms with Crippen LogP contribution in [0.25, 0.3) is 0 Å². The van der Waals surface area contributed by atoms with Gasteiger partial charge in [0.1, 0.15) is 6.61 Å². The molecular weight excluding hydrogens is 341 g/mol. The van der Waals surface area contributed by atoms with E-state index in [1.807, 2.05) is 36.0 Å². The molecule has 0 saturated carbocycles. The van der Waals surface area contributed by atoms with Gasteiger partial charge in [-0.25, -0.2) is 0 Å². The molecule has 1 saturated heterocycles. The summed E-state index contributed by atoms with van der Waals surface area (Å²) in [6, 6.07) is 7.50. The summed E-state index contributed by atoms with van der Waals surface area (Å²) >= 11 is 1.93. The summed E-state index contributed by atoms with van der Waals surface area (Å²) in [4.78, 5) is 14.2. The van der Waals surface area contributed by atoms with Gasteiger partial charge in [-0.3, -0.25) is 9.69 Å². The van der Waals surface area contributed by atoms with E-state index >= 15 is 0 Å². The summed E-state index contributed by atoms with van der Waals surface area (Å²) in [5, 5.41) is 2.77. The van der Waals surface area contributed by atoms with Crippen molar-refractivity contribution in [2.75, 3.05) is 43.1 Å². The van der Waals surface area contributed by atoms with Crippen LogP contribution < -0.4 is 5.32 Å². The molecule has 134 valence electrons. The van der Waals surface area contributed by atoms with Crippen LogP contribution in [0, 0.1) is 0 Å². The molecule has 2 rings (SSSR count). The number of carbonyl (C=O) groups is 1. The molecule has 0 unspecified atom stereocenters. The molecule has 0 spiro atoms. The van der Waals surface area contributed by atoms with E-state index < -0.39 is 12.8 Å². The second kappa shape index (κ2) is 9.29. The van der Waals surface area contributed by atoms with Crippen molar-refractivity contribution < 1.29 is 22.7 Å². The van der Waals surface area contributed by atoms with Crippen LogP contribution in [0.2, 0.25) is 0 Å². The molecule has 8 heteroatoms. The lowest BCUT2D eigenvalue weighted by molar-refractivity contribution is -0.174. The summed E-state index contributed by atoms with van der Waals surface area (Å²) in [6.45, 7) is 1.19. The molecule has 1 fully saturated rings. The molecular formula is C16H21F3N2O2S. The van der Waals surface area contributed by atoms with Crippen LogP contribution in [-0.2, 0) is 16.1 Å². The number of benzene rings is 1. The Balaban J connectivity index is 1.81. The van der Waals surface area contributed by atoms with E-state index in [1.54, 1.807) is 0 Å². The van der Waals surface area contributed by atoms with Crippen LogP contribution in [0.5, 0.6) is 0 Å². The Morgan fingerprint density at radius 3 is 2.67 bits per heavy atom. The van der Waals surface area contributed by atoms with Crippen LogP contribution >= 0.6 is 11.8 Å². The number of ether oxygens (including phenoxy) is 1. The van der Waals surface area contributed by atoms with Crippen molar-refractivity contribution in [3.05, 3.63) is 29.8 Å². The second-order valence-corrected chi connectivity index (χ2v) is 6.74. The zero-order valence-electron chi connectivity index (χ0n) is 13.3. The van der Waals surface area contributed by atoms with E-state index in [9.17, 15) is 18.0 Å². The number of hydrogen-bond donors (Lipinski definition) is 1. The molecule has 1 amide bonds. The molecule has 0 radical (unpaired) electrons. The lowest BCUT2D eigenvalue weighted by atomic mass is 10.1. The SMILES string of the molecule is O=C(CCOCC(F)(F)F)Nc1ccccc1CN1CCSCC1. The standard InChI is InChI=1S/C16H21F3N2O2S/c17-16(18,19)12-23-8-5-15(22)20-14-4-2-1-3-13(14)11-21-6-9-24-10-7-21/h1-4H,5-12H2,(H,20,22). The molecule has 0 bridgehead atoms. The topological polar surface area (TPSA) is 41.6 Å². The fraction of sp³-hybridized carbons (Fsp3) is 0.562. The third-order valence-corrected chi connectivity index (χ3v) is 4.47. The number of nitrogens with zero attached hydrogens (tertiary/aromatic N) is 1.